The molecule has 3 rings (SSSR count). The number of esters is 1. The number of H-pyrrole nitrogens is 1. The van der Waals surface area contributed by atoms with Crippen LogP contribution in [0.2, 0.25) is 5.02 Å². The van der Waals surface area contributed by atoms with E-state index >= 15 is 0 Å². The van der Waals surface area contributed by atoms with Crippen LogP contribution >= 0.6 is 11.6 Å². The van der Waals surface area contributed by atoms with E-state index in [1.165, 1.54) is 19.4 Å². The maximum atomic E-state index is 12.7. The van der Waals surface area contributed by atoms with E-state index in [9.17, 15) is 13.2 Å². The Morgan fingerprint density at radius 3 is 2.72 bits per heavy atom. The first-order valence-electron chi connectivity index (χ1n) is 7.31. The van der Waals surface area contributed by atoms with Crippen molar-refractivity contribution in [3.8, 4) is 0 Å². The van der Waals surface area contributed by atoms with E-state index in [4.69, 9.17) is 16.3 Å². The first-order valence-corrected chi connectivity index (χ1v) is 9.17. The summed E-state index contributed by atoms with van der Waals surface area (Å²) in [5, 5.41) is 0.937. The fourth-order valence-electron chi connectivity index (χ4n) is 2.55. The molecule has 0 aliphatic rings. The summed E-state index contributed by atoms with van der Waals surface area (Å²) in [5.74, 6) is -0.503. The van der Waals surface area contributed by atoms with E-state index in [0.29, 0.717) is 32.7 Å². The Kier molecular flexibility index (Phi) is 4.45. The van der Waals surface area contributed by atoms with Gasteiger partial charge < -0.3 is 9.72 Å². The molecule has 2 N–H and O–H groups in total. The number of rotatable bonds is 4. The minimum Gasteiger partial charge on any atom is -0.465 e. The van der Waals surface area contributed by atoms with Crippen LogP contribution in [0.5, 0.6) is 0 Å². The zero-order chi connectivity index (χ0) is 18.2. The normalized spacial score (nSPS) is 11.5. The summed E-state index contributed by atoms with van der Waals surface area (Å²) >= 11 is 6.01. The van der Waals surface area contributed by atoms with Gasteiger partial charge in [0.1, 0.15) is 0 Å². The number of halogens is 1. The Labute approximate surface area is 149 Å². The van der Waals surface area contributed by atoms with Gasteiger partial charge in [-0.05, 0) is 42.8 Å². The van der Waals surface area contributed by atoms with E-state index in [1.807, 2.05) is 0 Å². The Morgan fingerprint density at radius 1 is 1.24 bits per heavy atom. The van der Waals surface area contributed by atoms with Crippen molar-refractivity contribution >= 4 is 44.2 Å². The van der Waals surface area contributed by atoms with Gasteiger partial charge in [-0.3, -0.25) is 4.72 Å². The lowest BCUT2D eigenvalue weighted by Crippen LogP contribution is -2.14. The van der Waals surface area contributed by atoms with Crippen LogP contribution in [0.1, 0.15) is 15.9 Å². The largest absolute Gasteiger partial charge is 0.465 e. The fourth-order valence-corrected chi connectivity index (χ4v) is 4.10. The number of carbonyl (C=O) groups is 1. The van der Waals surface area contributed by atoms with Crippen molar-refractivity contribution in [2.75, 3.05) is 11.8 Å². The van der Waals surface area contributed by atoms with E-state index in [1.54, 1.807) is 37.3 Å². The van der Waals surface area contributed by atoms with Crippen LogP contribution in [0, 0.1) is 6.92 Å². The van der Waals surface area contributed by atoms with E-state index in [0.717, 1.165) is 0 Å². The number of aromatic amines is 1. The van der Waals surface area contributed by atoms with Crippen LogP contribution in [0.3, 0.4) is 0 Å². The van der Waals surface area contributed by atoms with Crippen LogP contribution in [0.4, 0.5) is 5.69 Å². The lowest BCUT2D eigenvalue weighted by Gasteiger charge is -2.11. The van der Waals surface area contributed by atoms with Crippen LogP contribution < -0.4 is 4.72 Å². The Morgan fingerprint density at radius 2 is 2.00 bits per heavy atom. The summed E-state index contributed by atoms with van der Waals surface area (Å²) in [6, 6.07) is 9.56. The van der Waals surface area contributed by atoms with Crippen molar-refractivity contribution in [1.82, 2.24) is 4.98 Å². The van der Waals surface area contributed by atoms with Gasteiger partial charge in [-0.1, -0.05) is 17.7 Å². The number of aromatic nitrogens is 1. The number of methoxy groups -OCH3 is 1. The fraction of sp³-hybridized carbons (Fsp3) is 0.118. The summed E-state index contributed by atoms with van der Waals surface area (Å²) in [6.45, 7) is 1.64. The third-order valence-electron chi connectivity index (χ3n) is 3.85. The second kappa shape index (κ2) is 6.42. The second-order valence-corrected chi connectivity index (χ2v) is 7.48. The highest BCUT2D eigenvalue weighted by Gasteiger charge is 2.19. The molecule has 0 atom stereocenters. The number of anilines is 1. The zero-order valence-electron chi connectivity index (χ0n) is 13.5. The SMILES string of the molecule is COC(=O)c1c[nH]c2ccc(NS(=O)(=O)c3cccc(Cl)c3C)cc12. The van der Waals surface area contributed by atoms with Crippen LogP contribution in [-0.4, -0.2) is 26.5 Å². The summed E-state index contributed by atoms with van der Waals surface area (Å²) in [5.41, 5.74) is 1.83. The molecule has 3 aromatic rings. The zero-order valence-corrected chi connectivity index (χ0v) is 15.0. The number of fused-ring (bicyclic) bond motifs is 1. The van der Waals surface area contributed by atoms with Gasteiger partial charge in [0, 0.05) is 27.8 Å². The summed E-state index contributed by atoms with van der Waals surface area (Å²) in [7, 11) is -2.53. The molecule has 1 heterocycles. The Hall–Kier alpha value is -2.51. The van der Waals surface area contributed by atoms with Crippen molar-refractivity contribution in [2.24, 2.45) is 0 Å². The molecule has 0 spiro atoms. The molecule has 130 valence electrons. The van der Waals surface area contributed by atoms with Gasteiger partial charge >= 0.3 is 5.97 Å². The third kappa shape index (κ3) is 3.20. The molecule has 2 aromatic carbocycles. The molecular formula is C17H15ClN2O4S. The van der Waals surface area contributed by atoms with Gasteiger partial charge in [-0.15, -0.1) is 0 Å². The molecule has 6 nitrogen and oxygen atoms in total. The summed E-state index contributed by atoms with van der Waals surface area (Å²) < 4.78 is 32.6. The molecule has 0 aliphatic carbocycles. The van der Waals surface area contributed by atoms with Crippen LogP contribution in [0.15, 0.2) is 47.5 Å². The highest BCUT2D eigenvalue weighted by molar-refractivity contribution is 7.92. The van der Waals surface area contributed by atoms with Crippen molar-refractivity contribution in [2.45, 2.75) is 11.8 Å². The van der Waals surface area contributed by atoms with E-state index in [2.05, 4.69) is 9.71 Å². The maximum Gasteiger partial charge on any atom is 0.340 e. The number of hydrogen-bond donors (Lipinski definition) is 2. The molecular weight excluding hydrogens is 364 g/mol. The van der Waals surface area contributed by atoms with Gasteiger partial charge in [0.25, 0.3) is 10.0 Å². The van der Waals surface area contributed by atoms with E-state index < -0.39 is 16.0 Å². The molecule has 0 aliphatic heterocycles. The average Bonchev–Trinajstić information content (AvgIpc) is 2.99. The van der Waals surface area contributed by atoms with Crippen molar-refractivity contribution in [1.29, 1.82) is 0 Å². The topological polar surface area (TPSA) is 88.3 Å². The molecule has 25 heavy (non-hydrogen) atoms. The second-order valence-electron chi connectivity index (χ2n) is 5.42. The molecule has 0 unspecified atom stereocenters. The molecule has 0 bridgehead atoms. The first kappa shape index (κ1) is 17.3. The lowest BCUT2D eigenvalue weighted by molar-refractivity contribution is 0.0603. The molecule has 8 heteroatoms. The maximum absolute atomic E-state index is 12.7. The smallest absolute Gasteiger partial charge is 0.340 e. The van der Waals surface area contributed by atoms with Crippen LogP contribution in [0.25, 0.3) is 10.9 Å². The molecule has 0 amide bonds. The van der Waals surface area contributed by atoms with Crippen molar-refractivity contribution in [3.63, 3.8) is 0 Å². The highest BCUT2D eigenvalue weighted by Crippen LogP contribution is 2.27. The first-order chi connectivity index (χ1) is 11.8. The Bertz CT molecular complexity index is 1070. The standard InChI is InChI=1S/C17H15ClN2O4S/c1-10-14(18)4-3-5-16(10)25(22,23)20-11-6-7-15-12(8-11)13(9-19-15)17(21)24-2/h3-9,19-20H,1-2H3. The average molecular weight is 379 g/mol. The predicted molar refractivity (Wildman–Crippen MR) is 96.6 cm³/mol. The molecule has 0 saturated carbocycles. The number of hydrogen-bond acceptors (Lipinski definition) is 4. The Balaban J connectivity index is 2.02. The van der Waals surface area contributed by atoms with Crippen LogP contribution in [-0.2, 0) is 14.8 Å². The molecule has 0 saturated heterocycles. The summed E-state index contributed by atoms with van der Waals surface area (Å²) in [4.78, 5) is 14.8. The monoisotopic (exact) mass is 378 g/mol. The third-order valence-corrected chi connectivity index (χ3v) is 5.78. The number of carbonyl (C=O) groups excluding carboxylic acids is 1. The number of sulfonamides is 1. The number of benzene rings is 2. The van der Waals surface area contributed by atoms with E-state index in [-0.39, 0.29) is 4.90 Å². The van der Waals surface area contributed by atoms with Gasteiger partial charge in [0.2, 0.25) is 0 Å². The molecule has 1 aromatic heterocycles. The minimum atomic E-state index is -3.82. The van der Waals surface area contributed by atoms with Gasteiger partial charge in [0.15, 0.2) is 0 Å². The minimum absolute atomic E-state index is 0.0994. The van der Waals surface area contributed by atoms with Gasteiger partial charge in [-0.25, -0.2) is 13.2 Å². The number of ether oxygens (including phenoxy) is 1. The van der Waals surface area contributed by atoms with Gasteiger partial charge in [-0.2, -0.15) is 0 Å². The lowest BCUT2D eigenvalue weighted by atomic mass is 10.1. The van der Waals surface area contributed by atoms with Crippen molar-refractivity contribution < 1.29 is 17.9 Å². The summed E-state index contributed by atoms with van der Waals surface area (Å²) in [6.07, 6.45) is 1.52. The van der Waals surface area contributed by atoms with Crippen molar-refractivity contribution in [3.05, 3.63) is 58.7 Å². The van der Waals surface area contributed by atoms with Gasteiger partial charge in [0.05, 0.1) is 17.6 Å². The highest BCUT2D eigenvalue weighted by atomic mass is 35.5. The molecule has 0 fully saturated rings. The predicted octanol–water partition coefficient (Wildman–Crippen LogP) is 3.72. The molecule has 0 radical (unpaired) electrons. The quantitative estimate of drug-likeness (QED) is 0.677. The number of nitrogens with one attached hydrogen (secondary N) is 2.